The van der Waals surface area contributed by atoms with Crippen LogP contribution in [0.3, 0.4) is 0 Å². The van der Waals surface area contributed by atoms with Gasteiger partial charge in [0.15, 0.2) is 0 Å². The van der Waals surface area contributed by atoms with Gasteiger partial charge in [0.05, 0.1) is 12.2 Å². The van der Waals surface area contributed by atoms with Crippen LogP contribution in [0.2, 0.25) is 0 Å². The molecule has 2 heteroatoms. The highest BCUT2D eigenvalue weighted by Crippen LogP contribution is 2.26. The third kappa shape index (κ3) is 4.43. The van der Waals surface area contributed by atoms with Crippen molar-refractivity contribution < 1.29 is 9.84 Å². The average Bonchev–Trinajstić information content (AvgIpc) is 2.15. The minimum atomic E-state index is -0.178. The Balaban J connectivity index is 2.04. The molecule has 1 fully saturated rings. The summed E-state index contributed by atoms with van der Waals surface area (Å²) >= 11 is 0. The molecule has 1 aliphatic carbocycles. The van der Waals surface area contributed by atoms with E-state index >= 15 is 0 Å². The van der Waals surface area contributed by atoms with Crippen LogP contribution < -0.4 is 0 Å². The van der Waals surface area contributed by atoms with Gasteiger partial charge in [-0.1, -0.05) is 19.8 Å². The number of hydrogen-bond donors (Lipinski definition) is 1. The Hall–Kier alpha value is -0.0800. The normalized spacial score (nSPS) is 30.2. The van der Waals surface area contributed by atoms with Crippen molar-refractivity contribution in [1.82, 2.24) is 0 Å². The Morgan fingerprint density at radius 1 is 1.36 bits per heavy atom. The second kappa shape index (κ2) is 6.41. The lowest BCUT2D eigenvalue weighted by atomic mass is 9.88. The van der Waals surface area contributed by atoms with Crippen LogP contribution in [0.15, 0.2) is 0 Å². The van der Waals surface area contributed by atoms with E-state index in [1.54, 1.807) is 0 Å². The molecule has 0 aliphatic heterocycles. The van der Waals surface area contributed by atoms with Crippen LogP contribution in [0.4, 0.5) is 0 Å². The Morgan fingerprint density at radius 3 is 2.71 bits per heavy atom. The minimum absolute atomic E-state index is 0.178. The second-order valence-corrected chi connectivity index (χ2v) is 4.66. The van der Waals surface area contributed by atoms with Crippen LogP contribution in [0.1, 0.15) is 52.4 Å². The molecule has 0 spiro atoms. The molecule has 0 radical (unpaired) electrons. The van der Waals surface area contributed by atoms with E-state index in [0.717, 1.165) is 25.4 Å². The molecule has 84 valence electrons. The summed E-state index contributed by atoms with van der Waals surface area (Å²) in [5.74, 6) is 0.732. The van der Waals surface area contributed by atoms with Crippen molar-refractivity contribution in [3.63, 3.8) is 0 Å². The highest BCUT2D eigenvalue weighted by molar-refractivity contribution is 4.72. The molecule has 1 aliphatic rings. The first-order chi connectivity index (χ1) is 6.70. The largest absolute Gasteiger partial charge is 0.393 e. The number of hydrogen-bond acceptors (Lipinski definition) is 2. The van der Waals surface area contributed by atoms with Crippen LogP contribution >= 0.6 is 0 Å². The first-order valence-electron chi connectivity index (χ1n) is 6.00. The molecule has 0 amide bonds. The Morgan fingerprint density at radius 2 is 2.07 bits per heavy atom. The summed E-state index contributed by atoms with van der Waals surface area (Å²) in [6, 6.07) is 0. The van der Waals surface area contributed by atoms with Gasteiger partial charge in [-0.3, -0.25) is 0 Å². The molecule has 0 saturated heterocycles. The predicted molar refractivity (Wildman–Crippen MR) is 58.3 cm³/mol. The van der Waals surface area contributed by atoms with E-state index in [1.807, 2.05) is 6.92 Å². The van der Waals surface area contributed by atoms with Crippen LogP contribution in [0.5, 0.6) is 0 Å². The second-order valence-electron chi connectivity index (χ2n) is 4.66. The van der Waals surface area contributed by atoms with Crippen molar-refractivity contribution in [3.8, 4) is 0 Å². The SMILES string of the molecule is CC(O)CCCOC1CCCCC1C. The first-order valence-corrected chi connectivity index (χ1v) is 6.00. The summed E-state index contributed by atoms with van der Waals surface area (Å²) in [7, 11) is 0. The van der Waals surface area contributed by atoms with Gasteiger partial charge in [0.2, 0.25) is 0 Å². The van der Waals surface area contributed by atoms with Gasteiger partial charge in [0.25, 0.3) is 0 Å². The molecule has 1 N–H and O–H groups in total. The lowest BCUT2D eigenvalue weighted by Gasteiger charge is -2.28. The average molecular weight is 200 g/mol. The van der Waals surface area contributed by atoms with Gasteiger partial charge in [0.1, 0.15) is 0 Å². The van der Waals surface area contributed by atoms with E-state index in [1.165, 1.54) is 25.7 Å². The van der Waals surface area contributed by atoms with E-state index < -0.39 is 0 Å². The van der Waals surface area contributed by atoms with Gasteiger partial charge >= 0.3 is 0 Å². The maximum absolute atomic E-state index is 9.09. The molecule has 14 heavy (non-hydrogen) atoms. The molecule has 0 aromatic rings. The quantitative estimate of drug-likeness (QED) is 0.691. The smallest absolute Gasteiger partial charge is 0.0600 e. The lowest BCUT2D eigenvalue weighted by molar-refractivity contribution is -0.00932. The minimum Gasteiger partial charge on any atom is -0.393 e. The Labute approximate surface area is 87.7 Å². The summed E-state index contributed by atoms with van der Waals surface area (Å²) in [6.07, 6.45) is 7.40. The summed E-state index contributed by atoms with van der Waals surface area (Å²) in [4.78, 5) is 0. The molecular formula is C12H24O2. The van der Waals surface area contributed by atoms with Gasteiger partial charge in [-0.05, 0) is 38.5 Å². The van der Waals surface area contributed by atoms with E-state index in [9.17, 15) is 0 Å². The topological polar surface area (TPSA) is 29.5 Å². The molecule has 0 aromatic carbocycles. The van der Waals surface area contributed by atoms with E-state index in [2.05, 4.69) is 6.92 Å². The van der Waals surface area contributed by atoms with Gasteiger partial charge < -0.3 is 9.84 Å². The molecule has 0 heterocycles. The fourth-order valence-electron chi connectivity index (χ4n) is 2.14. The monoisotopic (exact) mass is 200 g/mol. The summed E-state index contributed by atoms with van der Waals surface area (Å²) in [5, 5.41) is 9.09. The van der Waals surface area contributed by atoms with Crippen molar-refractivity contribution in [1.29, 1.82) is 0 Å². The molecule has 1 rings (SSSR count). The van der Waals surface area contributed by atoms with Gasteiger partial charge in [-0.25, -0.2) is 0 Å². The van der Waals surface area contributed by atoms with Crippen molar-refractivity contribution in [2.45, 2.75) is 64.6 Å². The standard InChI is InChI=1S/C12H24O2/c1-10-6-3-4-8-12(10)14-9-5-7-11(2)13/h10-13H,3-9H2,1-2H3. The molecule has 2 nitrogen and oxygen atoms in total. The third-order valence-corrected chi connectivity index (χ3v) is 3.13. The number of aliphatic hydroxyl groups is 1. The van der Waals surface area contributed by atoms with E-state index in [4.69, 9.17) is 9.84 Å². The van der Waals surface area contributed by atoms with Crippen molar-refractivity contribution in [2.75, 3.05) is 6.61 Å². The van der Waals surface area contributed by atoms with Crippen LogP contribution in [-0.4, -0.2) is 23.9 Å². The molecular weight excluding hydrogens is 176 g/mol. The maximum atomic E-state index is 9.09. The molecule has 3 atom stereocenters. The van der Waals surface area contributed by atoms with Crippen molar-refractivity contribution >= 4 is 0 Å². The van der Waals surface area contributed by atoms with Crippen LogP contribution in [0, 0.1) is 5.92 Å². The van der Waals surface area contributed by atoms with E-state index in [-0.39, 0.29) is 6.10 Å². The summed E-state index contributed by atoms with van der Waals surface area (Å²) in [5.41, 5.74) is 0. The van der Waals surface area contributed by atoms with Gasteiger partial charge in [-0.2, -0.15) is 0 Å². The Kier molecular flexibility index (Phi) is 5.49. The van der Waals surface area contributed by atoms with Gasteiger partial charge in [-0.15, -0.1) is 0 Å². The molecule has 3 unspecified atom stereocenters. The molecule has 0 aromatic heterocycles. The first kappa shape index (κ1) is 12.0. The van der Waals surface area contributed by atoms with E-state index in [0.29, 0.717) is 6.10 Å². The highest BCUT2D eigenvalue weighted by Gasteiger charge is 2.21. The van der Waals surface area contributed by atoms with Crippen molar-refractivity contribution in [3.05, 3.63) is 0 Å². The Bertz CT molecular complexity index is 145. The number of ether oxygens (including phenoxy) is 1. The maximum Gasteiger partial charge on any atom is 0.0600 e. The fraction of sp³-hybridized carbons (Fsp3) is 1.00. The zero-order valence-electron chi connectivity index (χ0n) is 9.54. The summed E-state index contributed by atoms with van der Waals surface area (Å²) in [6.45, 7) is 4.95. The highest BCUT2D eigenvalue weighted by atomic mass is 16.5. The lowest BCUT2D eigenvalue weighted by Crippen LogP contribution is -2.26. The summed E-state index contributed by atoms with van der Waals surface area (Å²) < 4.78 is 5.83. The molecule has 0 bridgehead atoms. The van der Waals surface area contributed by atoms with Crippen LogP contribution in [-0.2, 0) is 4.74 Å². The third-order valence-electron chi connectivity index (χ3n) is 3.13. The zero-order chi connectivity index (χ0) is 10.4. The van der Waals surface area contributed by atoms with Crippen molar-refractivity contribution in [2.24, 2.45) is 5.92 Å². The molecule has 1 saturated carbocycles. The van der Waals surface area contributed by atoms with Crippen LogP contribution in [0.25, 0.3) is 0 Å². The predicted octanol–water partition coefficient (Wildman–Crippen LogP) is 2.74. The zero-order valence-corrected chi connectivity index (χ0v) is 9.54. The number of aliphatic hydroxyl groups excluding tert-OH is 1. The number of rotatable bonds is 5. The van der Waals surface area contributed by atoms with Gasteiger partial charge in [0, 0.05) is 6.61 Å². The fourth-order valence-corrected chi connectivity index (χ4v) is 2.14.